The molecule has 3 aromatic heterocycles. The lowest BCUT2D eigenvalue weighted by atomic mass is 9.88. The molecule has 1 aliphatic carbocycles. The van der Waals surface area contributed by atoms with Crippen molar-refractivity contribution in [2.75, 3.05) is 25.3 Å². The highest BCUT2D eigenvalue weighted by molar-refractivity contribution is 7.97. The lowest BCUT2D eigenvalue weighted by Gasteiger charge is -2.21. The average molecular weight is 640 g/mol. The summed E-state index contributed by atoms with van der Waals surface area (Å²) in [7, 11) is 3.79. The number of anilines is 1. The molecule has 44 heavy (non-hydrogen) atoms. The molecule has 0 atom stereocenters. The number of aromatic nitrogens is 1. The van der Waals surface area contributed by atoms with Crippen molar-refractivity contribution < 1.29 is 8.78 Å². The van der Waals surface area contributed by atoms with Gasteiger partial charge in [0.25, 0.3) is 0 Å². The summed E-state index contributed by atoms with van der Waals surface area (Å²) in [6.07, 6.45) is 1.92. The minimum Gasteiger partial charge on any atom is -0.378 e. The van der Waals surface area contributed by atoms with Crippen LogP contribution in [-0.2, 0) is 0 Å². The minimum atomic E-state index is -0.264. The zero-order valence-electron chi connectivity index (χ0n) is 25.4. The van der Waals surface area contributed by atoms with E-state index >= 15 is 4.39 Å². The molecule has 0 amide bonds. The van der Waals surface area contributed by atoms with Crippen LogP contribution in [0, 0.1) is 32.4 Å². The monoisotopic (exact) mass is 639 g/mol. The van der Waals surface area contributed by atoms with E-state index in [2.05, 4.69) is 19.6 Å². The van der Waals surface area contributed by atoms with Crippen LogP contribution in [0.2, 0.25) is 0 Å². The van der Waals surface area contributed by atoms with Crippen molar-refractivity contribution in [3.05, 3.63) is 128 Å². The quantitative estimate of drug-likeness (QED) is 0.175. The first-order valence-electron chi connectivity index (χ1n) is 14.1. The highest BCUT2D eigenvalue weighted by Crippen LogP contribution is 2.40. The average Bonchev–Trinajstić information content (AvgIpc) is 3.65. The first kappa shape index (κ1) is 30.2. The van der Waals surface area contributed by atoms with Crippen LogP contribution in [0.5, 0.6) is 0 Å². The van der Waals surface area contributed by atoms with Crippen molar-refractivity contribution in [3.8, 4) is 20.9 Å². The highest BCUT2D eigenvalue weighted by atomic mass is 32.2. The molecule has 3 heterocycles. The summed E-state index contributed by atoms with van der Waals surface area (Å²) in [4.78, 5) is 10.6. The third-order valence-electron chi connectivity index (χ3n) is 7.81. The molecule has 3 nitrogen and oxygen atoms in total. The molecule has 0 fully saturated rings. The van der Waals surface area contributed by atoms with Gasteiger partial charge in [-0.3, -0.25) is 4.98 Å². The first-order valence-corrected chi connectivity index (χ1v) is 16.9. The van der Waals surface area contributed by atoms with Crippen LogP contribution < -0.4 is 15.5 Å². The standard InChI is InChI=1S/C36H31F2N3S3/c1-19-8-10-24(27(37)16-19)29-12-14-31(43-29)33-21(3)35(40-42-7)34(36-26(33)17-20(2)22(4)39-36)32-15-13-30(44-32)25-11-9-23(41(5)6)18-28(25)38/h8-18H,3H2,1-2,4-7H3. The van der Waals surface area contributed by atoms with Gasteiger partial charge >= 0.3 is 0 Å². The fourth-order valence-corrected chi connectivity index (χ4v) is 7.96. The van der Waals surface area contributed by atoms with Gasteiger partial charge in [0.05, 0.1) is 11.1 Å². The van der Waals surface area contributed by atoms with Crippen LogP contribution in [0.3, 0.4) is 0 Å². The number of nitrogens with zero attached hydrogens (tertiary/aromatic N) is 3. The normalized spacial score (nSPS) is 14.0. The molecule has 0 unspecified atom stereocenters. The smallest absolute Gasteiger partial charge is 0.133 e. The Morgan fingerprint density at radius 1 is 0.773 bits per heavy atom. The summed E-state index contributed by atoms with van der Waals surface area (Å²) in [5, 5.41) is 1.78. The van der Waals surface area contributed by atoms with Crippen LogP contribution in [-0.4, -0.2) is 31.0 Å². The number of allylic oxidation sites excluding steroid dienone is 1. The van der Waals surface area contributed by atoms with Crippen LogP contribution in [0.1, 0.15) is 26.6 Å². The van der Waals surface area contributed by atoms with Gasteiger partial charge in [-0.25, -0.2) is 13.2 Å². The van der Waals surface area contributed by atoms with Gasteiger partial charge in [0.1, 0.15) is 11.6 Å². The summed E-state index contributed by atoms with van der Waals surface area (Å²) in [5.41, 5.74) is 8.16. The molecular formula is C36H31F2N3S3. The van der Waals surface area contributed by atoms with Crippen molar-refractivity contribution in [2.24, 2.45) is 4.40 Å². The van der Waals surface area contributed by atoms with Gasteiger partial charge in [-0.15, -0.1) is 22.7 Å². The van der Waals surface area contributed by atoms with Gasteiger partial charge in [-0.2, -0.15) is 0 Å². The van der Waals surface area contributed by atoms with Crippen LogP contribution in [0.4, 0.5) is 14.5 Å². The molecule has 0 spiro atoms. The third kappa shape index (κ3) is 5.36. The Bertz CT molecular complexity index is 2120. The van der Waals surface area contributed by atoms with Crippen molar-refractivity contribution >= 4 is 57.2 Å². The summed E-state index contributed by atoms with van der Waals surface area (Å²) in [6, 6.07) is 20.8. The first-order chi connectivity index (χ1) is 21.1. The third-order valence-corrected chi connectivity index (χ3v) is 10.4. The van der Waals surface area contributed by atoms with E-state index in [-0.39, 0.29) is 11.6 Å². The van der Waals surface area contributed by atoms with Gasteiger partial charge in [0, 0.05) is 84.3 Å². The van der Waals surface area contributed by atoms with E-state index < -0.39 is 0 Å². The minimum absolute atomic E-state index is 0.235. The fourth-order valence-electron chi connectivity index (χ4n) is 5.37. The van der Waals surface area contributed by atoms with E-state index in [0.717, 1.165) is 75.0 Å². The Kier molecular flexibility index (Phi) is 8.18. The van der Waals surface area contributed by atoms with Crippen molar-refractivity contribution in [2.45, 2.75) is 20.8 Å². The van der Waals surface area contributed by atoms with E-state index in [1.807, 2.05) is 87.6 Å². The number of pyridine rings is 1. The Morgan fingerprint density at radius 3 is 1.95 bits per heavy atom. The van der Waals surface area contributed by atoms with Crippen LogP contribution in [0.25, 0.3) is 32.0 Å². The second kappa shape index (κ2) is 11.9. The molecule has 0 radical (unpaired) electrons. The Hall–Kier alpha value is -3.85. The van der Waals surface area contributed by atoms with E-state index in [0.29, 0.717) is 11.1 Å². The van der Waals surface area contributed by atoms with Crippen LogP contribution >= 0.6 is 34.6 Å². The zero-order chi connectivity index (χ0) is 31.3. The zero-order valence-corrected chi connectivity index (χ0v) is 27.8. The maximum absolute atomic E-state index is 15.2. The van der Waals surface area contributed by atoms with E-state index in [1.54, 1.807) is 12.1 Å². The summed E-state index contributed by atoms with van der Waals surface area (Å²) < 4.78 is 35.1. The van der Waals surface area contributed by atoms with Crippen molar-refractivity contribution in [1.82, 2.24) is 4.98 Å². The molecule has 0 bridgehead atoms. The maximum atomic E-state index is 15.2. The lowest BCUT2D eigenvalue weighted by molar-refractivity contribution is 0.630. The predicted molar refractivity (Wildman–Crippen MR) is 187 cm³/mol. The SMILES string of the molecule is C=C1C(=NSC)C(c2ccc(-c3ccc(N(C)C)cc3F)s2)=c2nc(C)c(C)cc2=C1c1ccc(-c2ccc(C)cc2F)s1. The predicted octanol–water partition coefficient (Wildman–Crippen LogP) is 8.49. The maximum Gasteiger partial charge on any atom is 0.133 e. The Balaban J connectivity index is 1.59. The van der Waals surface area contributed by atoms with Crippen molar-refractivity contribution in [1.29, 1.82) is 0 Å². The molecular weight excluding hydrogens is 609 g/mol. The highest BCUT2D eigenvalue weighted by Gasteiger charge is 2.28. The van der Waals surface area contributed by atoms with E-state index in [4.69, 9.17) is 9.38 Å². The summed E-state index contributed by atoms with van der Waals surface area (Å²) in [6.45, 7) is 10.5. The largest absolute Gasteiger partial charge is 0.378 e. The number of hydrogen-bond acceptors (Lipinski definition) is 6. The van der Waals surface area contributed by atoms with Gasteiger partial charge in [0.15, 0.2) is 0 Å². The molecule has 1 aliphatic rings. The van der Waals surface area contributed by atoms with Gasteiger partial charge in [-0.1, -0.05) is 18.7 Å². The van der Waals surface area contributed by atoms with Gasteiger partial charge < -0.3 is 4.90 Å². The number of hydrogen-bond donors (Lipinski definition) is 0. The Labute approximate surface area is 268 Å². The summed E-state index contributed by atoms with van der Waals surface area (Å²) in [5.74, 6) is -0.499. The van der Waals surface area contributed by atoms with Crippen molar-refractivity contribution in [3.63, 3.8) is 0 Å². The molecule has 6 rings (SSSR count). The molecule has 0 N–H and O–H groups in total. The molecule has 2 aromatic carbocycles. The van der Waals surface area contributed by atoms with E-state index in [1.165, 1.54) is 34.6 Å². The van der Waals surface area contributed by atoms with Gasteiger partial charge in [-0.05, 0) is 98.4 Å². The second-order valence-corrected chi connectivity index (χ2v) is 13.7. The lowest BCUT2D eigenvalue weighted by Crippen LogP contribution is -2.40. The molecule has 5 aromatic rings. The number of thiophene rings is 2. The number of fused-ring (bicyclic) bond motifs is 1. The molecule has 222 valence electrons. The van der Waals surface area contributed by atoms with Gasteiger partial charge in [0.2, 0.25) is 0 Å². The number of rotatable bonds is 6. The number of halogens is 2. The molecule has 8 heteroatoms. The summed E-state index contributed by atoms with van der Waals surface area (Å²) >= 11 is 4.41. The molecule has 0 aliphatic heterocycles. The number of benzene rings is 2. The Morgan fingerprint density at radius 2 is 1.36 bits per heavy atom. The topological polar surface area (TPSA) is 28.5 Å². The fraction of sp³-hybridized carbons (Fsp3) is 0.167. The molecule has 0 saturated carbocycles. The van der Waals surface area contributed by atoms with Crippen LogP contribution in [0.15, 0.2) is 83.3 Å². The van der Waals surface area contributed by atoms with E-state index in [9.17, 15) is 4.39 Å². The number of aryl methyl sites for hydroxylation is 3. The second-order valence-electron chi connectivity index (χ2n) is 11.0. The molecule has 0 saturated heterocycles.